The number of hydrogen-bond donors (Lipinski definition) is 1. The van der Waals surface area contributed by atoms with Gasteiger partial charge in [0.25, 0.3) is 0 Å². The zero-order chi connectivity index (χ0) is 15.1. The minimum absolute atomic E-state index is 0.389. The SMILES string of the molecule is CCC(CC)C(NCc1cncc(Br)c1)c1ccccc1. The Kier molecular flexibility index (Phi) is 6.40. The van der Waals surface area contributed by atoms with Crippen LogP contribution < -0.4 is 5.32 Å². The average molecular weight is 347 g/mol. The molecule has 0 aliphatic carbocycles. The summed E-state index contributed by atoms with van der Waals surface area (Å²) < 4.78 is 1.03. The molecule has 1 N–H and O–H groups in total. The Bertz CT molecular complexity index is 538. The molecule has 0 spiro atoms. The highest BCUT2D eigenvalue weighted by Crippen LogP contribution is 2.27. The minimum atomic E-state index is 0.389. The Morgan fingerprint density at radius 3 is 2.43 bits per heavy atom. The smallest absolute Gasteiger partial charge is 0.0410 e. The third-order valence-electron chi connectivity index (χ3n) is 3.97. The lowest BCUT2D eigenvalue weighted by atomic mass is 9.88. The van der Waals surface area contributed by atoms with E-state index in [1.807, 2.05) is 12.4 Å². The van der Waals surface area contributed by atoms with Crippen LogP contribution in [0.1, 0.15) is 43.9 Å². The number of halogens is 1. The van der Waals surface area contributed by atoms with Crippen molar-refractivity contribution in [1.29, 1.82) is 0 Å². The molecule has 0 aliphatic rings. The van der Waals surface area contributed by atoms with Crippen LogP contribution in [-0.4, -0.2) is 4.98 Å². The van der Waals surface area contributed by atoms with E-state index in [9.17, 15) is 0 Å². The molecule has 1 aromatic carbocycles. The summed E-state index contributed by atoms with van der Waals surface area (Å²) >= 11 is 3.48. The number of rotatable bonds is 7. The molecule has 2 nitrogen and oxygen atoms in total. The summed E-state index contributed by atoms with van der Waals surface area (Å²) in [5.41, 5.74) is 2.57. The first-order valence-electron chi connectivity index (χ1n) is 7.62. The molecule has 0 aliphatic heterocycles. The van der Waals surface area contributed by atoms with Gasteiger partial charge >= 0.3 is 0 Å². The molecule has 21 heavy (non-hydrogen) atoms. The predicted octanol–water partition coefficient (Wildman–Crippen LogP) is 5.11. The van der Waals surface area contributed by atoms with Crippen LogP contribution in [0.4, 0.5) is 0 Å². The number of benzene rings is 1. The molecule has 2 aromatic rings. The summed E-state index contributed by atoms with van der Waals surface area (Å²) in [7, 11) is 0. The van der Waals surface area contributed by atoms with Crippen molar-refractivity contribution in [2.24, 2.45) is 5.92 Å². The molecular weight excluding hydrogens is 324 g/mol. The zero-order valence-corrected chi connectivity index (χ0v) is 14.3. The lowest BCUT2D eigenvalue weighted by molar-refractivity contribution is 0.339. The van der Waals surface area contributed by atoms with Gasteiger partial charge in [-0.15, -0.1) is 0 Å². The van der Waals surface area contributed by atoms with Gasteiger partial charge in [0.1, 0.15) is 0 Å². The first kappa shape index (κ1) is 16.2. The Balaban J connectivity index is 2.13. The molecule has 0 saturated carbocycles. The van der Waals surface area contributed by atoms with Crippen molar-refractivity contribution in [2.75, 3.05) is 0 Å². The first-order chi connectivity index (χ1) is 10.2. The first-order valence-corrected chi connectivity index (χ1v) is 8.41. The van der Waals surface area contributed by atoms with Crippen LogP contribution >= 0.6 is 15.9 Å². The van der Waals surface area contributed by atoms with Gasteiger partial charge in [0.15, 0.2) is 0 Å². The van der Waals surface area contributed by atoms with Crippen LogP contribution in [-0.2, 0) is 6.54 Å². The molecule has 1 aromatic heterocycles. The number of hydrogen-bond acceptors (Lipinski definition) is 2. The van der Waals surface area contributed by atoms with E-state index in [-0.39, 0.29) is 0 Å². The van der Waals surface area contributed by atoms with Crippen LogP contribution in [0.15, 0.2) is 53.3 Å². The summed E-state index contributed by atoms with van der Waals surface area (Å²) in [6.45, 7) is 5.38. The zero-order valence-electron chi connectivity index (χ0n) is 12.7. The number of nitrogens with zero attached hydrogens (tertiary/aromatic N) is 1. The Labute approximate surface area is 136 Å². The van der Waals surface area contributed by atoms with Crippen LogP contribution in [0, 0.1) is 5.92 Å². The van der Waals surface area contributed by atoms with E-state index in [2.05, 4.69) is 76.5 Å². The molecule has 0 bridgehead atoms. The molecule has 0 saturated heterocycles. The average Bonchev–Trinajstić information content (AvgIpc) is 2.52. The molecule has 112 valence electrons. The van der Waals surface area contributed by atoms with E-state index >= 15 is 0 Å². The molecule has 2 rings (SSSR count). The van der Waals surface area contributed by atoms with Gasteiger partial charge in [-0.1, -0.05) is 57.0 Å². The van der Waals surface area contributed by atoms with Crippen molar-refractivity contribution < 1.29 is 0 Å². The fourth-order valence-electron chi connectivity index (χ4n) is 2.76. The fourth-order valence-corrected chi connectivity index (χ4v) is 3.17. The monoisotopic (exact) mass is 346 g/mol. The quantitative estimate of drug-likeness (QED) is 0.753. The van der Waals surface area contributed by atoms with Gasteiger partial charge in [-0.05, 0) is 39.0 Å². The standard InChI is InChI=1S/C18H23BrN2/c1-3-15(4-2)18(16-8-6-5-7-9-16)21-12-14-10-17(19)13-20-11-14/h5-11,13,15,18,21H,3-4,12H2,1-2H3. The normalized spacial score (nSPS) is 12.6. The van der Waals surface area contributed by atoms with Gasteiger partial charge in [0.05, 0.1) is 0 Å². The molecule has 0 fully saturated rings. The van der Waals surface area contributed by atoms with Gasteiger partial charge in [-0.3, -0.25) is 4.98 Å². The van der Waals surface area contributed by atoms with Crippen LogP contribution in [0.5, 0.6) is 0 Å². The fraction of sp³-hybridized carbons (Fsp3) is 0.389. The predicted molar refractivity (Wildman–Crippen MR) is 92.0 cm³/mol. The number of aromatic nitrogens is 1. The van der Waals surface area contributed by atoms with Crippen molar-refractivity contribution in [2.45, 2.75) is 39.3 Å². The van der Waals surface area contributed by atoms with Crippen molar-refractivity contribution in [3.63, 3.8) is 0 Å². The second kappa shape index (κ2) is 8.30. The summed E-state index contributed by atoms with van der Waals surface area (Å²) in [4.78, 5) is 4.23. The van der Waals surface area contributed by atoms with Crippen molar-refractivity contribution in [1.82, 2.24) is 10.3 Å². The van der Waals surface area contributed by atoms with Gasteiger partial charge in [-0.25, -0.2) is 0 Å². The molecule has 1 unspecified atom stereocenters. The highest BCUT2D eigenvalue weighted by atomic mass is 79.9. The second-order valence-electron chi connectivity index (χ2n) is 5.36. The van der Waals surface area contributed by atoms with Crippen LogP contribution in [0.2, 0.25) is 0 Å². The third-order valence-corrected chi connectivity index (χ3v) is 4.40. The number of pyridine rings is 1. The Hall–Kier alpha value is -1.19. The topological polar surface area (TPSA) is 24.9 Å². The van der Waals surface area contributed by atoms with Crippen LogP contribution in [0.3, 0.4) is 0 Å². The van der Waals surface area contributed by atoms with Crippen molar-refractivity contribution in [3.8, 4) is 0 Å². The van der Waals surface area contributed by atoms with E-state index in [0.29, 0.717) is 12.0 Å². The van der Waals surface area contributed by atoms with Gasteiger partial charge in [-0.2, -0.15) is 0 Å². The van der Waals surface area contributed by atoms with Crippen molar-refractivity contribution in [3.05, 3.63) is 64.4 Å². The van der Waals surface area contributed by atoms with Crippen LogP contribution in [0.25, 0.3) is 0 Å². The molecule has 1 atom stereocenters. The summed E-state index contributed by atoms with van der Waals surface area (Å²) in [6, 6.07) is 13.3. The maximum atomic E-state index is 4.23. The maximum Gasteiger partial charge on any atom is 0.0410 e. The van der Waals surface area contributed by atoms with E-state index in [1.54, 1.807) is 0 Å². The Morgan fingerprint density at radius 2 is 1.81 bits per heavy atom. The molecular formula is C18H23BrN2. The summed E-state index contributed by atoms with van der Waals surface area (Å²) in [5, 5.41) is 3.72. The van der Waals surface area contributed by atoms with Gasteiger partial charge < -0.3 is 5.32 Å². The summed E-state index contributed by atoms with van der Waals surface area (Å²) in [6.07, 6.45) is 6.10. The maximum absolute atomic E-state index is 4.23. The highest BCUT2D eigenvalue weighted by Gasteiger charge is 2.19. The summed E-state index contributed by atoms with van der Waals surface area (Å²) in [5.74, 6) is 0.646. The minimum Gasteiger partial charge on any atom is -0.306 e. The van der Waals surface area contributed by atoms with Crippen molar-refractivity contribution >= 4 is 15.9 Å². The third kappa shape index (κ3) is 4.65. The molecule has 3 heteroatoms. The number of nitrogens with one attached hydrogen (secondary N) is 1. The lowest BCUT2D eigenvalue weighted by Crippen LogP contribution is -2.27. The van der Waals surface area contributed by atoms with Gasteiger partial charge in [0, 0.05) is 29.5 Å². The molecule has 0 radical (unpaired) electrons. The lowest BCUT2D eigenvalue weighted by Gasteiger charge is -2.27. The van der Waals surface area contributed by atoms with Gasteiger partial charge in [0.2, 0.25) is 0 Å². The van der Waals surface area contributed by atoms with E-state index in [0.717, 1.165) is 11.0 Å². The molecule has 0 amide bonds. The largest absolute Gasteiger partial charge is 0.306 e. The molecule has 1 heterocycles. The van der Waals surface area contributed by atoms with E-state index < -0.39 is 0 Å². The van der Waals surface area contributed by atoms with E-state index in [4.69, 9.17) is 0 Å². The van der Waals surface area contributed by atoms with E-state index in [1.165, 1.54) is 24.0 Å². The Morgan fingerprint density at radius 1 is 1.10 bits per heavy atom. The highest BCUT2D eigenvalue weighted by molar-refractivity contribution is 9.10. The second-order valence-corrected chi connectivity index (χ2v) is 6.27.